The van der Waals surface area contributed by atoms with Crippen LogP contribution in [0.25, 0.3) is 0 Å². The fourth-order valence-electron chi connectivity index (χ4n) is 1.24. The molecule has 14 heavy (non-hydrogen) atoms. The maximum absolute atomic E-state index is 12.6. The topological polar surface area (TPSA) is 20.2 Å². The number of aliphatic hydroxyl groups is 1. The van der Waals surface area contributed by atoms with E-state index in [9.17, 15) is 13.9 Å². The van der Waals surface area contributed by atoms with Crippen LogP contribution in [0.2, 0.25) is 5.02 Å². The molecule has 1 aromatic rings. The number of benzene rings is 1. The molecule has 0 radical (unpaired) electrons. The van der Waals surface area contributed by atoms with Crippen LogP contribution in [0.15, 0.2) is 24.3 Å². The molecule has 0 aliphatic carbocycles. The van der Waals surface area contributed by atoms with Crippen molar-refractivity contribution in [1.82, 2.24) is 0 Å². The van der Waals surface area contributed by atoms with Gasteiger partial charge in [-0.15, -0.1) is 0 Å². The second-order valence-corrected chi connectivity index (χ2v) is 3.53. The minimum atomic E-state index is -2.81. The first-order valence-corrected chi connectivity index (χ1v) is 4.65. The van der Waals surface area contributed by atoms with Crippen LogP contribution >= 0.6 is 11.6 Å². The van der Waals surface area contributed by atoms with Crippen molar-refractivity contribution in [3.8, 4) is 0 Å². The molecular weight excluding hydrogens is 210 g/mol. The highest BCUT2D eigenvalue weighted by Gasteiger charge is 2.37. The van der Waals surface area contributed by atoms with Crippen molar-refractivity contribution in [2.75, 3.05) is 0 Å². The van der Waals surface area contributed by atoms with Gasteiger partial charge in [0, 0.05) is 5.02 Å². The number of alkyl halides is 2. The summed E-state index contributed by atoms with van der Waals surface area (Å²) in [6.07, 6.45) is -2.86. The van der Waals surface area contributed by atoms with Crippen LogP contribution in [-0.2, 0) is 5.60 Å². The van der Waals surface area contributed by atoms with Crippen molar-refractivity contribution in [3.63, 3.8) is 0 Å². The number of hydrogen-bond acceptors (Lipinski definition) is 1. The number of hydrogen-bond donors (Lipinski definition) is 1. The summed E-state index contributed by atoms with van der Waals surface area (Å²) in [5.74, 6) is 0. The van der Waals surface area contributed by atoms with Gasteiger partial charge in [0.25, 0.3) is 6.43 Å². The van der Waals surface area contributed by atoms with Gasteiger partial charge in [-0.25, -0.2) is 8.78 Å². The summed E-state index contributed by atoms with van der Waals surface area (Å²) in [5, 5.41) is 10.0. The van der Waals surface area contributed by atoms with Gasteiger partial charge in [-0.1, -0.05) is 30.7 Å². The molecular formula is C10H11ClF2O. The Hall–Kier alpha value is -0.670. The monoisotopic (exact) mass is 220 g/mol. The van der Waals surface area contributed by atoms with E-state index in [1.54, 1.807) is 12.1 Å². The summed E-state index contributed by atoms with van der Waals surface area (Å²) in [6, 6.07) is 5.92. The smallest absolute Gasteiger partial charge is 0.270 e. The number of rotatable bonds is 3. The molecule has 0 saturated heterocycles. The Morgan fingerprint density at radius 2 is 2.14 bits per heavy atom. The molecule has 1 atom stereocenters. The molecule has 0 amide bonds. The largest absolute Gasteiger partial charge is 0.379 e. The van der Waals surface area contributed by atoms with Crippen LogP contribution in [0.5, 0.6) is 0 Å². The van der Waals surface area contributed by atoms with E-state index in [1.807, 2.05) is 0 Å². The maximum atomic E-state index is 12.6. The standard InChI is InChI=1S/C10H11ClF2O/c1-2-10(14,9(12)13)7-4-3-5-8(11)6-7/h3-6,9,14H,2H2,1H3. The van der Waals surface area contributed by atoms with Crippen molar-refractivity contribution >= 4 is 11.6 Å². The van der Waals surface area contributed by atoms with Crippen LogP contribution in [0.1, 0.15) is 18.9 Å². The van der Waals surface area contributed by atoms with E-state index in [4.69, 9.17) is 11.6 Å². The summed E-state index contributed by atoms with van der Waals surface area (Å²) in [5.41, 5.74) is -1.94. The SMILES string of the molecule is CCC(O)(c1cccc(Cl)c1)C(F)F. The predicted molar refractivity (Wildman–Crippen MR) is 51.6 cm³/mol. The van der Waals surface area contributed by atoms with Crippen LogP contribution in [-0.4, -0.2) is 11.5 Å². The third kappa shape index (κ3) is 2.04. The molecule has 1 rings (SSSR count). The van der Waals surface area contributed by atoms with Crippen molar-refractivity contribution in [2.24, 2.45) is 0 Å². The van der Waals surface area contributed by atoms with E-state index in [2.05, 4.69) is 0 Å². The lowest BCUT2D eigenvalue weighted by molar-refractivity contribution is -0.104. The first-order chi connectivity index (χ1) is 6.50. The van der Waals surface area contributed by atoms with E-state index < -0.39 is 12.0 Å². The predicted octanol–water partition coefficient (Wildman–Crippen LogP) is 3.20. The second-order valence-electron chi connectivity index (χ2n) is 3.09. The van der Waals surface area contributed by atoms with Gasteiger partial charge in [-0.05, 0) is 24.1 Å². The average molecular weight is 221 g/mol. The zero-order valence-corrected chi connectivity index (χ0v) is 8.43. The molecule has 78 valence electrons. The summed E-state index contributed by atoms with van der Waals surface area (Å²) >= 11 is 5.66. The van der Waals surface area contributed by atoms with E-state index in [0.29, 0.717) is 5.02 Å². The van der Waals surface area contributed by atoms with E-state index in [1.165, 1.54) is 19.1 Å². The molecule has 0 aromatic heterocycles. The molecule has 4 heteroatoms. The van der Waals surface area contributed by atoms with Gasteiger partial charge in [-0.2, -0.15) is 0 Å². The summed E-state index contributed by atoms with van der Waals surface area (Å²) < 4.78 is 25.2. The summed E-state index contributed by atoms with van der Waals surface area (Å²) in [4.78, 5) is 0. The van der Waals surface area contributed by atoms with Crippen molar-refractivity contribution < 1.29 is 13.9 Å². The third-order valence-corrected chi connectivity index (χ3v) is 2.46. The normalized spacial score (nSPS) is 15.6. The molecule has 0 aliphatic rings. The molecule has 0 bridgehead atoms. The summed E-state index contributed by atoms with van der Waals surface area (Å²) in [6.45, 7) is 1.51. The van der Waals surface area contributed by atoms with Gasteiger partial charge in [0.1, 0.15) is 5.60 Å². The van der Waals surface area contributed by atoms with Crippen LogP contribution < -0.4 is 0 Å². The maximum Gasteiger partial charge on any atom is 0.270 e. The third-order valence-electron chi connectivity index (χ3n) is 2.22. The lowest BCUT2D eigenvalue weighted by atomic mass is 9.92. The quantitative estimate of drug-likeness (QED) is 0.830. The molecule has 1 aromatic carbocycles. The van der Waals surface area contributed by atoms with Gasteiger partial charge in [0.15, 0.2) is 0 Å². The van der Waals surface area contributed by atoms with Crippen LogP contribution in [0.4, 0.5) is 8.78 Å². The Kier molecular flexibility index (Phi) is 3.45. The fourth-order valence-corrected chi connectivity index (χ4v) is 1.43. The highest BCUT2D eigenvalue weighted by atomic mass is 35.5. The molecule has 1 nitrogen and oxygen atoms in total. The Morgan fingerprint density at radius 1 is 1.50 bits per heavy atom. The molecule has 1 unspecified atom stereocenters. The first kappa shape index (κ1) is 11.4. The van der Waals surface area contributed by atoms with Gasteiger partial charge in [0.05, 0.1) is 0 Å². The Labute approximate surface area is 86.3 Å². The lowest BCUT2D eigenvalue weighted by Crippen LogP contribution is -2.33. The molecule has 0 spiro atoms. The zero-order chi connectivity index (χ0) is 10.8. The van der Waals surface area contributed by atoms with Crippen molar-refractivity contribution in [1.29, 1.82) is 0 Å². The van der Waals surface area contributed by atoms with Gasteiger partial charge in [-0.3, -0.25) is 0 Å². The molecule has 0 aliphatic heterocycles. The minimum Gasteiger partial charge on any atom is -0.379 e. The fraction of sp³-hybridized carbons (Fsp3) is 0.400. The van der Waals surface area contributed by atoms with Crippen molar-refractivity contribution in [3.05, 3.63) is 34.9 Å². The van der Waals surface area contributed by atoms with Crippen molar-refractivity contribution in [2.45, 2.75) is 25.4 Å². The Bertz CT molecular complexity index is 317. The Morgan fingerprint density at radius 3 is 2.57 bits per heavy atom. The lowest BCUT2D eigenvalue weighted by Gasteiger charge is -2.26. The zero-order valence-electron chi connectivity index (χ0n) is 7.67. The number of halogens is 3. The van der Waals surface area contributed by atoms with E-state index in [-0.39, 0.29) is 12.0 Å². The van der Waals surface area contributed by atoms with E-state index in [0.717, 1.165) is 0 Å². The van der Waals surface area contributed by atoms with Gasteiger partial charge < -0.3 is 5.11 Å². The van der Waals surface area contributed by atoms with Crippen LogP contribution in [0.3, 0.4) is 0 Å². The van der Waals surface area contributed by atoms with Crippen LogP contribution in [0, 0.1) is 0 Å². The highest BCUT2D eigenvalue weighted by molar-refractivity contribution is 6.30. The second kappa shape index (κ2) is 4.24. The average Bonchev–Trinajstić information content (AvgIpc) is 2.16. The molecule has 0 heterocycles. The molecule has 0 saturated carbocycles. The van der Waals surface area contributed by atoms with Gasteiger partial charge in [0.2, 0.25) is 0 Å². The first-order valence-electron chi connectivity index (χ1n) is 4.27. The molecule has 0 fully saturated rings. The molecule has 1 N–H and O–H groups in total. The summed E-state index contributed by atoms with van der Waals surface area (Å²) in [7, 11) is 0. The highest BCUT2D eigenvalue weighted by Crippen LogP contribution is 2.32. The Balaban J connectivity index is 3.12. The van der Waals surface area contributed by atoms with E-state index >= 15 is 0 Å². The van der Waals surface area contributed by atoms with Gasteiger partial charge >= 0.3 is 0 Å². The minimum absolute atomic E-state index is 0.0506.